The number of fused-ring (bicyclic) bond motifs is 2. The minimum atomic E-state index is 0.454. The van der Waals surface area contributed by atoms with Crippen molar-refractivity contribution in [1.82, 2.24) is 19.6 Å². The van der Waals surface area contributed by atoms with E-state index in [0.717, 1.165) is 16.2 Å². The molecule has 0 spiro atoms. The van der Waals surface area contributed by atoms with Crippen LogP contribution < -0.4 is 9.47 Å². The molecule has 0 N–H and O–H groups in total. The van der Waals surface area contributed by atoms with Crippen LogP contribution in [0.4, 0.5) is 0 Å². The summed E-state index contributed by atoms with van der Waals surface area (Å²) in [5.74, 6) is 1.18. The molecule has 3 heterocycles. The van der Waals surface area contributed by atoms with Gasteiger partial charge in [0.2, 0.25) is 10.9 Å². The summed E-state index contributed by atoms with van der Waals surface area (Å²) in [6.45, 7) is 0. The van der Waals surface area contributed by atoms with Crippen molar-refractivity contribution in [2.75, 3.05) is 14.2 Å². The van der Waals surface area contributed by atoms with Gasteiger partial charge in [-0.2, -0.15) is 0 Å². The van der Waals surface area contributed by atoms with Gasteiger partial charge in [0, 0.05) is 6.07 Å². The summed E-state index contributed by atoms with van der Waals surface area (Å²) < 4.78 is 17.6. The third kappa shape index (κ3) is 1.91. The average Bonchev–Trinajstić information content (AvgIpc) is 3.17. The molecular weight excluding hydrogens is 292 g/mol. The summed E-state index contributed by atoms with van der Waals surface area (Å²) in [5, 5.41) is 4.78. The second-order valence-corrected chi connectivity index (χ2v) is 5.20. The molecule has 0 bridgehead atoms. The fraction of sp³-hybridized carbons (Fsp3) is 0.154. The van der Waals surface area contributed by atoms with E-state index in [-0.39, 0.29) is 0 Å². The number of hydrogen-bond acceptors (Lipinski definition) is 7. The van der Waals surface area contributed by atoms with E-state index in [1.807, 2.05) is 12.1 Å². The van der Waals surface area contributed by atoms with Crippen molar-refractivity contribution >= 4 is 27.4 Å². The molecule has 0 atom stereocenters. The van der Waals surface area contributed by atoms with Crippen LogP contribution in [0.2, 0.25) is 0 Å². The zero-order valence-corrected chi connectivity index (χ0v) is 12.0. The molecule has 0 fully saturated rings. The molecule has 4 aromatic rings. The second-order valence-electron chi connectivity index (χ2n) is 4.28. The predicted octanol–water partition coefficient (Wildman–Crippen LogP) is 2.62. The first-order valence-electron chi connectivity index (χ1n) is 6.12. The SMILES string of the molecule is COc1ccc2nc(-c3cn4nc(OC)sc4n3)oc2c1. The smallest absolute Gasteiger partial charge is 0.294 e. The van der Waals surface area contributed by atoms with E-state index in [1.54, 1.807) is 31.0 Å². The number of benzene rings is 1. The Balaban J connectivity index is 1.81. The van der Waals surface area contributed by atoms with E-state index in [2.05, 4.69) is 15.1 Å². The quantitative estimate of drug-likeness (QED) is 0.579. The first kappa shape index (κ1) is 12.2. The number of ether oxygens (including phenoxy) is 2. The number of methoxy groups -OCH3 is 2. The van der Waals surface area contributed by atoms with Crippen molar-refractivity contribution < 1.29 is 13.9 Å². The molecule has 0 aliphatic rings. The van der Waals surface area contributed by atoms with Gasteiger partial charge < -0.3 is 13.9 Å². The molecule has 21 heavy (non-hydrogen) atoms. The predicted molar refractivity (Wildman–Crippen MR) is 77.0 cm³/mol. The number of aromatic nitrogens is 4. The molecule has 106 valence electrons. The highest BCUT2D eigenvalue weighted by Gasteiger charge is 2.15. The molecule has 0 aliphatic heterocycles. The summed E-state index contributed by atoms with van der Waals surface area (Å²) in [4.78, 5) is 9.59. The van der Waals surface area contributed by atoms with Crippen molar-refractivity contribution in [2.45, 2.75) is 0 Å². The summed E-state index contributed by atoms with van der Waals surface area (Å²) in [5.41, 5.74) is 2.05. The molecule has 0 aliphatic carbocycles. The fourth-order valence-electron chi connectivity index (χ4n) is 2.01. The van der Waals surface area contributed by atoms with Crippen LogP contribution in [-0.2, 0) is 0 Å². The topological polar surface area (TPSA) is 74.7 Å². The molecule has 7 nitrogen and oxygen atoms in total. The maximum absolute atomic E-state index is 5.73. The van der Waals surface area contributed by atoms with E-state index >= 15 is 0 Å². The summed E-state index contributed by atoms with van der Waals surface area (Å²) >= 11 is 1.35. The molecule has 0 radical (unpaired) electrons. The zero-order valence-electron chi connectivity index (χ0n) is 11.2. The molecule has 0 saturated carbocycles. The lowest BCUT2D eigenvalue weighted by Gasteiger charge is -1.95. The van der Waals surface area contributed by atoms with Gasteiger partial charge in [-0.3, -0.25) is 0 Å². The highest BCUT2D eigenvalue weighted by molar-refractivity contribution is 7.18. The molecule has 8 heteroatoms. The summed E-state index contributed by atoms with van der Waals surface area (Å²) in [6.07, 6.45) is 1.76. The van der Waals surface area contributed by atoms with Gasteiger partial charge in [-0.15, -0.1) is 5.10 Å². The normalized spacial score (nSPS) is 11.3. The third-order valence-corrected chi connectivity index (χ3v) is 3.90. The number of imidazole rings is 1. The largest absolute Gasteiger partial charge is 0.497 e. The Bertz CT molecular complexity index is 908. The van der Waals surface area contributed by atoms with Crippen LogP contribution in [0.3, 0.4) is 0 Å². The molecular formula is C13H10N4O3S. The van der Waals surface area contributed by atoms with Gasteiger partial charge in [0.05, 0.1) is 20.4 Å². The maximum atomic E-state index is 5.73. The molecule has 1 aromatic carbocycles. The number of oxazole rings is 1. The van der Waals surface area contributed by atoms with Gasteiger partial charge in [-0.25, -0.2) is 14.5 Å². The minimum absolute atomic E-state index is 0.454. The lowest BCUT2D eigenvalue weighted by molar-refractivity contribution is 0.405. The van der Waals surface area contributed by atoms with Crippen molar-refractivity contribution in [3.05, 3.63) is 24.4 Å². The van der Waals surface area contributed by atoms with Crippen LogP contribution in [-0.4, -0.2) is 33.8 Å². The average molecular weight is 302 g/mol. The fourth-order valence-corrected chi connectivity index (χ4v) is 2.71. The van der Waals surface area contributed by atoms with Gasteiger partial charge in [-0.05, 0) is 23.5 Å². The van der Waals surface area contributed by atoms with Crippen molar-refractivity contribution in [1.29, 1.82) is 0 Å². The van der Waals surface area contributed by atoms with E-state index in [4.69, 9.17) is 13.9 Å². The standard InChI is InChI=1S/C13H10N4O3S/c1-18-7-3-4-8-10(5-7)20-11(14-8)9-6-17-12(15-9)21-13(16-17)19-2/h3-6H,1-2H3. The lowest BCUT2D eigenvalue weighted by atomic mass is 10.3. The summed E-state index contributed by atoms with van der Waals surface area (Å²) in [6, 6.07) is 5.49. The lowest BCUT2D eigenvalue weighted by Crippen LogP contribution is -1.84. The Hall–Kier alpha value is -2.61. The van der Waals surface area contributed by atoms with Gasteiger partial charge in [0.1, 0.15) is 17.0 Å². The van der Waals surface area contributed by atoms with Gasteiger partial charge in [0.25, 0.3) is 5.19 Å². The Kier molecular flexibility index (Phi) is 2.58. The highest BCUT2D eigenvalue weighted by atomic mass is 32.1. The summed E-state index contributed by atoms with van der Waals surface area (Å²) in [7, 11) is 3.19. The first-order chi connectivity index (χ1) is 10.3. The third-order valence-electron chi connectivity index (χ3n) is 3.01. The van der Waals surface area contributed by atoms with E-state index in [0.29, 0.717) is 22.4 Å². The first-order valence-corrected chi connectivity index (χ1v) is 6.93. The van der Waals surface area contributed by atoms with Crippen LogP contribution in [0.1, 0.15) is 0 Å². The molecule has 4 rings (SSSR count). The van der Waals surface area contributed by atoms with Crippen LogP contribution >= 0.6 is 11.3 Å². The van der Waals surface area contributed by atoms with E-state index in [9.17, 15) is 0 Å². The highest BCUT2D eigenvalue weighted by Crippen LogP contribution is 2.28. The van der Waals surface area contributed by atoms with Gasteiger partial charge in [-0.1, -0.05) is 0 Å². The number of nitrogens with zero attached hydrogens (tertiary/aromatic N) is 4. The van der Waals surface area contributed by atoms with Gasteiger partial charge in [0.15, 0.2) is 5.58 Å². The van der Waals surface area contributed by atoms with Gasteiger partial charge >= 0.3 is 0 Å². The Morgan fingerprint density at radius 3 is 2.86 bits per heavy atom. The van der Waals surface area contributed by atoms with Crippen molar-refractivity contribution in [3.63, 3.8) is 0 Å². The Morgan fingerprint density at radius 1 is 1.19 bits per heavy atom. The number of hydrogen-bond donors (Lipinski definition) is 0. The van der Waals surface area contributed by atoms with E-state index < -0.39 is 0 Å². The van der Waals surface area contributed by atoms with Crippen LogP contribution in [0.15, 0.2) is 28.8 Å². The molecule has 0 amide bonds. The Labute approximate surface area is 122 Å². The molecule has 0 unspecified atom stereocenters. The van der Waals surface area contributed by atoms with Crippen LogP contribution in [0.5, 0.6) is 10.9 Å². The van der Waals surface area contributed by atoms with Crippen molar-refractivity contribution in [3.8, 4) is 22.5 Å². The maximum Gasteiger partial charge on any atom is 0.294 e. The van der Waals surface area contributed by atoms with Crippen LogP contribution in [0, 0.1) is 0 Å². The Morgan fingerprint density at radius 2 is 2.10 bits per heavy atom. The zero-order chi connectivity index (χ0) is 14.4. The number of rotatable bonds is 3. The second kappa shape index (κ2) is 4.45. The molecule has 0 saturated heterocycles. The van der Waals surface area contributed by atoms with Crippen molar-refractivity contribution in [2.24, 2.45) is 0 Å². The minimum Gasteiger partial charge on any atom is -0.497 e. The van der Waals surface area contributed by atoms with E-state index in [1.165, 1.54) is 11.3 Å². The molecule has 3 aromatic heterocycles. The monoisotopic (exact) mass is 302 g/mol. The van der Waals surface area contributed by atoms with Crippen LogP contribution in [0.25, 0.3) is 27.6 Å².